The molecule has 1 N–H and O–H groups in total. The summed E-state index contributed by atoms with van der Waals surface area (Å²) < 4.78 is 50.9. The van der Waals surface area contributed by atoms with Crippen molar-refractivity contribution in [2.45, 2.75) is 37.8 Å². The lowest BCUT2D eigenvalue weighted by atomic mass is 10.1. The van der Waals surface area contributed by atoms with Crippen LogP contribution in [-0.2, 0) is 26.2 Å². The van der Waals surface area contributed by atoms with Crippen LogP contribution in [0.5, 0.6) is 23.0 Å². The molecule has 0 aromatic heterocycles. The predicted octanol–water partition coefficient (Wildman–Crippen LogP) is 4.51. The summed E-state index contributed by atoms with van der Waals surface area (Å²) in [4.78, 5) is 28.6. The van der Waals surface area contributed by atoms with Crippen LogP contribution in [-0.4, -0.2) is 72.7 Å². The number of hydrogen-bond acceptors (Lipinski definition) is 8. The quantitative estimate of drug-likeness (QED) is 0.256. The Morgan fingerprint density at radius 3 is 2.05 bits per heavy atom. The molecular weight excluding hydrogens is 610 g/mol. The lowest BCUT2D eigenvalue weighted by molar-refractivity contribution is -0.140. The second-order valence-electron chi connectivity index (χ2n) is 9.53. The Labute approximate surface area is 263 Å². The third-order valence-corrected chi connectivity index (χ3v) is 8.87. The van der Waals surface area contributed by atoms with Crippen molar-refractivity contribution in [1.29, 1.82) is 0 Å². The molecule has 3 rings (SSSR count). The van der Waals surface area contributed by atoms with Gasteiger partial charge in [-0.1, -0.05) is 30.7 Å². The minimum atomic E-state index is -4.44. The van der Waals surface area contributed by atoms with Crippen LogP contribution in [0.1, 0.15) is 25.8 Å². The van der Waals surface area contributed by atoms with Gasteiger partial charge in [-0.25, -0.2) is 8.42 Å². The summed E-state index contributed by atoms with van der Waals surface area (Å²) >= 11 is 6.31. The molecule has 3 aromatic carbocycles. The van der Waals surface area contributed by atoms with Crippen LogP contribution in [0.4, 0.5) is 5.69 Å². The Morgan fingerprint density at radius 2 is 1.48 bits per heavy atom. The van der Waals surface area contributed by atoms with Gasteiger partial charge in [0.05, 0.1) is 39.0 Å². The molecule has 2 amide bonds. The van der Waals surface area contributed by atoms with Crippen LogP contribution in [0.3, 0.4) is 0 Å². The van der Waals surface area contributed by atoms with E-state index in [0.29, 0.717) is 18.0 Å². The molecule has 238 valence electrons. The number of carbonyl (C=O) groups excluding carboxylic acids is 2. The molecule has 1 unspecified atom stereocenters. The van der Waals surface area contributed by atoms with Gasteiger partial charge >= 0.3 is 0 Å². The fourth-order valence-corrected chi connectivity index (χ4v) is 6.21. The second-order valence-corrected chi connectivity index (χ2v) is 11.8. The van der Waals surface area contributed by atoms with Crippen molar-refractivity contribution < 1.29 is 37.0 Å². The van der Waals surface area contributed by atoms with E-state index in [9.17, 15) is 18.0 Å². The average Bonchev–Trinajstić information content (AvgIpc) is 3.03. The molecule has 0 spiro atoms. The zero-order valence-corrected chi connectivity index (χ0v) is 27.2. The summed E-state index contributed by atoms with van der Waals surface area (Å²) in [7, 11) is 1.31. The van der Waals surface area contributed by atoms with Gasteiger partial charge in [-0.3, -0.25) is 13.9 Å². The maximum absolute atomic E-state index is 14.3. The van der Waals surface area contributed by atoms with Crippen LogP contribution >= 0.6 is 11.6 Å². The Kier molecular flexibility index (Phi) is 12.1. The number of amides is 2. The first kappa shape index (κ1) is 34.3. The van der Waals surface area contributed by atoms with E-state index in [1.165, 1.54) is 56.6 Å². The van der Waals surface area contributed by atoms with Crippen LogP contribution < -0.4 is 28.6 Å². The minimum absolute atomic E-state index is 0.0371. The third kappa shape index (κ3) is 7.86. The monoisotopic (exact) mass is 647 g/mol. The molecule has 0 radical (unpaired) electrons. The Hall–Kier alpha value is -4.16. The van der Waals surface area contributed by atoms with Gasteiger partial charge < -0.3 is 29.2 Å². The number of methoxy groups -OCH3 is 4. The van der Waals surface area contributed by atoms with E-state index in [1.807, 2.05) is 0 Å². The average molecular weight is 648 g/mol. The number of ether oxygens (including phenoxy) is 4. The Bertz CT molecular complexity index is 1550. The zero-order valence-electron chi connectivity index (χ0n) is 25.6. The van der Waals surface area contributed by atoms with Crippen molar-refractivity contribution in [2.24, 2.45) is 0 Å². The van der Waals surface area contributed by atoms with E-state index in [2.05, 4.69) is 5.32 Å². The number of sulfonamides is 1. The Balaban J connectivity index is 2.16. The number of carbonyl (C=O) groups is 2. The normalized spacial score (nSPS) is 11.7. The maximum Gasteiger partial charge on any atom is 0.265 e. The highest BCUT2D eigenvalue weighted by Gasteiger charge is 2.35. The maximum atomic E-state index is 14.3. The fraction of sp³-hybridized carbons (Fsp3) is 0.355. The molecule has 0 aliphatic rings. The van der Waals surface area contributed by atoms with Gasteiger partial charge in [0.2, 0.25) is 11.8 Å². The van der Waals surface area contributed by atoms with Crippen LogP contribution in [0.15, 0.2) is 65.6 Å². The van der Waals surface area contributed by atoms with Gasteiger partial charge in [-0.15, -0.1) is 0 Å². The summed E-state index contributed by atoms with van der Waals surface area (Å²) in [6, 6.07) is 14.7. The predicted molar refractivity (Wildman–Crippen MR) is 168 cm³/mol. The van der Waals surface area contributed by atoms with Crippen LogP contribution in [0.2, 0.25) is 5.02 Å². The van der Waals surface area contributed by atoms with Crippen molar-refractivity contribution in [2.75, 3.05) is 45.8 Å². The topological polar surface area (TPSA) is 124 Å². The second kappa shape index (κ2) is 15.5. The number of nitrogens with one attached hydrogen (secondary N) is 1. The molecule has 0 bridgehead atoms. The summed E-state index contributed by atoms with van der Waals surface area (Å²) in [5.41, 5.74) is 0.759. The number of likely N-dealkylation sites (N-methyl/N-ethyl adjacent to an activating group) is 1. The first-order valence-corrected chi connectivity index (χ1v) is 15.6. The molecule has 0 heterocycles. The van der Waals surface area contributed by atoms with E-state index in [0.717, 1.165) is 9.87 Å². The van der Waals surface area contributed by atoms with Crippen molar-refractivity contribution in [3.05, 3.63) is 71.2 Å². The van der Waals surface area contributed by atoms with Gasteiger partial charge in [0.1, 0.15) is 24.1 Å². The Morgan fingerprint density at radius 1 is 0.841 bits per heavy atom. The molecule has 13 heteroatoms. The molecule has 0 saturated carbocycles. The largest absolute Gasteiger partial charge is 0.497 e. The standard InChI is InChI=1S/C31H38ClN3O8S/c1-7-25(31(37)33-8-2)34(19-21-9-12-23(40-3)13-10-21)30(36)20-35(26-17-22(32)11-15-27(26)41-4)44(38,39)24-14-16-28(42-5)29(18-24)43-6/h9-18,25H,7-8,19-20H2,1-6H3,(H,33,37). The first-order chi connectivity index (χ1) is 21.0. The van der Waals surface area contributed by atoms with Crippen LogP contribution in [0.25, 0.3) is 0 Å². The van der Waals surface area contributed by atoms with Gasteiger partial charge in [0.25, 0.3) is 10.0 Å². The van der Waals surface area contributed by atoms with Gasteiger partial charge in [-0.05, 0) is 61.4 Å². The number of anilines is 1. The van der Waals surface area contributed by atoms with Crippen molar-refractivity contribution in [1.82, 2.24) is 10.2 Å². The zero-order chi connectivity index (χ0) is 32.4. The fourth-order valence-electron chi connectivity index (χ4n) is 4.61. The highest BCUT2D eigenvalue weighted by atomic mass is 35.5. The number of hydrogen-bond donors (Lipinski definition) is 1. The van der Waals surface area contributed by atoms with Crippen molar-refractivity contribution >= 4 is 39.1 Å². The van der Waals surface area contributed by atoms with E-state index < -0.39 is 28.5 Å². The van der Waals surface area contributed by atoms with E-state index in [4.69, 9.17) is 30.5 Å². The number of nitrogens with zero attached hydrogens (tertiary/aromatic N) is 2. The molecule has 0 aliphatic carbocycles. The summed E-state index contributed by atoms with van der Waals surface area (Å²) in [5, 5.41) is 3.00. The summed E-state index contributed by atoms with van der Waals surface area (Å²) in [6.45, 7) is 3.30. The van der Waals surface area contributed by atoms with Crippen molar-refractivity contribution in [3.63, 3.8) is 0 Å². The van der Waals surface area contributed by atoms with E-state index in [-0.39, 0.29) is 46.0 Å². The highest BCUT2D eigenvalue weighted by Crippen LogP contribution is 2.37. The van der Waals surface area contributed by atoms with Gasteiger partial charge in [0, 0.05) is 24.2 Å². The lowest BCUT2D eigenvalue weighted by Gasteiger charge is -2.33. The molecule has 0 saturated heterocycles. The highest BCUT2D eigenvalue weighted by molar-refractivity contribution is 7.92. The molecule has 0 aliphatic heterocycles. The molecule has 44 heavy (non-hydrogen) atoms. The first-order valence-electron chi connectivity index (χ1n) is 13.8. The van der Waals surface area contributed by atoms with Crippen LogP contribution in [0, 0.1) is 0 Å². The third-order valence-electron chi connectivity index (χ3n) is 6.88. The lowest BCUT2D eigenvalue weighted by Crippen LogP contribution is -2.52. The summed E-state index contributed by atoms with van der Waals surface area (Å²) in [6.07, 6.45) is 0.288. The summed E-state index contributed by atoms with van der Waals surface area (Å²) in [5.74, 6) is 0.331. The number of benzene rings is 3. The van der Waals surface area contributed by atoms with E-state index >= 15 is 0 Å². The number of rotatable bonds is 15. The van der Waals surface area contributed by atoms with Gasteiger partial charge in [0.15, 0.2) is 11.5 Å². The smallest absolute Gasteiger partial charge is 0.265 e. The van der Waals surface area contributed by atoms with Crippen molar-refractivity contribution in [3.8, 4) is 23.0 Å². The number of halogens is 1. The molecule has 11 nitrogen and oxygen atoms in total. The SMILES string of the molecule is CCNC(=O)C(CC)N(Cc1ccc(OC)cc1)C(=O)CN(c1cc(Cl)ccc1OC)S(=O)(=O)c1ccc(OC)c(OC)c1. The van der Waals surface area contributed by atoms with E-state index in [1.54, 1.807) is 51.3 Å². The molecular formula is C31H38ClN3O8S. The minimum Gasteiger partial charge on any atom is -0.497 e. The molecule has 1 atom stereocenters. The molecule has 3 aromatic rings. The molecule has 0 fully saturated rings. The van der Waals surface area contributed by atoms with Gasteiger partial charge in [-0.2, -0.15) is 0 Å².